The zero-order valence-electron chi connectivity index (χ0n) is 12.3. The van der Waals surface area contributed by atoms with Crippen LogP contribution in [0.3, 0.4) is 0 Å². The number of hydrogen-bond donors (Lipinski definition) is 2. The molecular formula is C16H18ClN3O2. The Labute approximate surface area is 134 Å². The van der Waals surface area contributed by atoms with Gasteiger partial charge in [0, 0.05) is 31.0 Å². The smallest absolute Gasteiger partial charge is 0.274 e. The van der Waals surface area contributed by atoms with E-state index in [4.69, 9.17) is 16.3 Å². The van der Waals surface area contributed by atoms with Crippen LogP contribution in [0.25, 0.3) is 0 Å². The van der Waals surface area contributed by atoms with Crippen LogP contribution in [0.5, 0.6) is 0 Å². The molecule has 116 valence electrons. The number of amides is 1. The van der Waals surface area contributed by atoms with Gasteiger partial charge in [0.2, 0.25) is 0 Å². The maximum Gasteiger partial charge on any atom is 0.274 e. The van der Waals surface area contributed by atoms with Crippen LogP contribution < -0.4 is 10.6 Å². The molecule has 0 fully saturated rings. The molecule has 2 aromatic rings. The number of pyridine rings is 1. The maximum atomic E-state index is 12.1. The van der Waals surface area contributed by atoms with Crippen molar-refractivity contribution in [2.75, 3.05) is 30.9 Å². The molecule has 1 aromatic carbocycles. The van der Waals surface area contributed by atoms with Crippen molar-refractivity contribution in [1.82, 2.24) is 4.98 Å². The van der Waals surface area contributed by atoms with Crippen molar-refractivity contribution in [3.8, 4) is 0 Å². The number of aromatic nitrogens is 1. The fraction of sp³-hybridized carbons (Fsp3) is 0.250. The van der Waals surface area contributed by atoms with Crippen LogP contribution in [0.2, 0.25) is 5.02 Å². The zero-order chi connectivity index (χ0) is 15.8. The number of nitrogens with zero attached hydrogens (tertiary/aromatic N) is 1. The molecular weight excluding hydrogens is 302 g/mol. The number of benzene rings is 1. The van der Waals surface area contributed by atoms with Crippen LogP contribution in [0.1, 0.15) is 16.9 Å². The van der Waals surface area contributed by atoms with Gasteiger partial charge in [0.1, 0.15) is 5.69 Å². The number of carbonyl (C=O) groups excluding carboxylic acids is 1. The average molecular weight is 320 g/mol. The lowest BCUT2D eigenvalue weighted by molar-refractivity contribution is 0.102. The first-order valence-electron chi connectivity index (χ1n) is 6.95. The van der Waals surface area contributed by atoms with Gasteiger partial charge in [-0.15, -0.1) is 0 Å². The van der Waals surface area contributed by atoms with Gasteiger partial charge in [-0.25, -0.2) is 4.98 Å². The first kappa shape index (κ1) is 16.3. The molecule has 0 aliphatic rings. The molecule has 2 rings (SSSR count). The largest absolute Gasteiger partial charge is 0.385 e. The van der Waals surface area contributed by atoms with Gasteiger partial charge in [-0.2, -0.15) is 0 Å². The molecule has 1 heterocycles. The highest BCUT2D eigenvalue weighted by Crippen LogP contribution is 2.14. The van der Waals surface area contributed by atoms with Gasteiger partial charge in [-0.3, -0.25) is 4.79 Å². The lowest BCUT2D eigenvalue weighted by Gasteiger charge is -2.07. The van der Waals surface area contributed by atoms with Crippen LogP contribution in [-0.2, 0) is 4.74 Å². The molecule has 5 nitrogen and oxygen atoms in total. The average Bonchev–Trinajstić information content (AvgIpc) is 2.54. The number of hydrogen-bond acceptors (Lipinski definition) is 4. The molecule has 0 aliphatic carbocycles. The molecule has 0 unspecified atom stereocenters. The fourth-order valence-electron chi connectivity index (χ4n) is 1.81. The van der Waals surface area contributed by atoms with Crippen LogP contribution in [0.15, 0.2) is 42.6 Å². The van der Waals surface area contributed by atoms with Gasteiger partial charge in [0.05, 0.1) is 11.9 Å². The van der Waals surface area contributed by atoms with Crippen LogP contribution in [-0.4, -0.2) is 31.2 Å². The van der Waals surface area contributed by atoms with Crippen molar-refractivity contribution in [3.05, 3.63) is 53.3 Å². The first-order valence-corrected chi connectivity index (χ1v) is 7.32. The SMILES string of the molecule is COCCCNc1ccc(C(=O)Nc2ccc(Cl)cc2)nc1. The summed E-state index contributed by atoms with van der Waals surface area (Å²) in [6.07, 6.45) is 2.55. The van der Waals surface area contributed by atoms with E-state index < -0.39 is 0 Å². The molecule has 0 saturated carbocycles. The van der Waals surface area contributed by atoms with E-state index in [1.807, 2.05) is 6.07 Å². The van der Waals surface area contributed by atoms with Gasteiger partial charge >= 0.3 is 0 Å². The summed E-state index contributed by atoms with van der Waals surface area (Å²) in [5, 5.41) is 6.61. The minimum atomic E-state index is -0.256. The van der Waals surface area contributed by atoms with Gasteiger partial charge in [0.15, 0.2) is 0 Å². The predicted molar refractivity (Wildman–Crippen MR) is 88.6 cm³/mol. The summed E-state index contributed by atoms with van der Waals surface area (Å²) < 4.78 is 4.98. The summed E-state index contributed by atoms with van der Waals surface area (Å²) >= 11 is 5.80. The molecule has 0 radical (unpaired) electrons. The van der Waals surface area contributed by atoms with Crippen molar-refractivity contribution >= 4 is 28.9 Å². The highest BCUT2D eigenvalue weighted by atomic mass is 35.5. The quantitative estimate of drug-likeness (QED) is 0.767. The summed E-state index contributed by atoms with van der Waals surface area (Å²) in [5.41, 5.74) is 1.91. The number of halogens is 1. The van der Waals surface area contributed by atoms with E-state index in [2.05, 4.69) is 15.6 Å². The van der Waals surface area contributed by atoms with Crippen molar-refractivity contribution < 1.29 is 9.53 Å². The zero-order valence-corrected chi connectivity index (χ0v) is 13.1. The molecule has 0 aliphatic heterocycles. The Balaban J connectivity index is 1.89. The van der Waals surface area contributed by atoms with Crippen LogP contribution in [0.4, 0.5) is 11.4 Å². The fourth-order valence-corrected chi connectivity index (χ4v) is 1.94. The molecule has 0 spiro atoms. The summed E-state index contributed by atoms with van der Waals surface area (Å²) in [5.74, 6) is -0.256. The predicted octanol–water partition coefficient (Wildman–Crippen LogP) is 3.44. The third-order valence-corrected chi connectivity index (χ3v) is 3.20. The van der Waals surface area contributed by atoms with Crippen LogP contribution >= 0.6 is 11.6 Å². The normalized spacial score (nSPS) is 10.3. The van der Waals surface area contributed by atoms with Crippen LogP contribution in [0, 0.1) is 0 Å². The van der Waals surface area contributed by atoms with Crippen molar-refractivity contribution in [2.24, 2.45) is 0 Å². The van der Waals surface area contributed by atoms with Gasteiger partial charge in [-0.1, -0.05) is 11.6 Å². The van der Waals surface area contributed by atoms with E-state index in [-0.39, 0.29) is 5.91 Å². The number of anilines is 2. The Hall–Kier alpha value is -2.11. The van der Waals surface area contributed by atoms with Crippen molar-refractivity contribution in [2.45, 2.75) is 6.42 Å². The Morgan fingerprint density at radius 1 is 1.18 bits per heavy atom. The molecule has 0 saturated heterocycles. The van der Waals surface area contributed by atoms with E-state index in [1.165, 1.54) is 0 Å². The number of rotatable bonds is 7. The maximum absolute atomic E-state index is 12.1. The summed E-state index contributed by atoms with van der Waals surface area (Å²) in [7, 11) is 1.68. The third kappa shape index (κ3) is 5.02. The monoisotopic (exact) mass is 319 g/mol. The number of methoxy groups -OCH3 is 1. The summed E-state index contributed by atoms with van der Waals surface area (Å²) in [6, 6.07) is 10.4. The molecule has 0 bridgehead atoms. The van der Waals surface area contributed by atoms with Gasteiger partial charge in [0.25, 0.3) is 5.91 Å². The van der Waals surface area contributed by atoms with E-state index in [1.54, 1.807) is 43.6 Å². The Morgan fingerprint density at radius 3 is 2.55 bits per heavy atom. The number of ether oxygens (including phenoxy) is 1. The lowest BCUT2D eigenvalue weighted by Crippen LogP contribution is -2.13. The van der Waals surface area contributed by atoms with Crippen molar-refractivity contribution in [1.29, 1.82) is 0 Å². The Morgan fingerprint density at radius 2 is 1.91 bits per heavy atom. The Kier molecular flexibility index (Phi) is 6.18. The Bertz CT molecular complexity index is 600. The molecule has 1 aromatic heterocycles. The standard InChI is InChI=1S/C16H18ClN3O2/c1-22-10-2-9-18-14-7-8-15(19-11-14)16(21)20-13-5-3-12(17)4-6-13/h3-8,11,18H,2,9-10H2,1H3,(H,20,21). The van der Waals surface area contributed by atoms with E-state index >= 15 is 0 Å². The topological polar surface area (TPSA) is 63.2 Å². The second-order valence-electron chi connectivity index (χ2n) is 4.67. The molecule has 2 N–H and O–H groups in total. The van der Waals surface area contributed by atoms with Gasteiger partial charge < -0.3 is 15.4 Å². The highest BCUT2D eigenvalue weighted by molar-refractivity contribution is 6.30. The second kappa shape index (κ2) is 8.36. The van der Waals surface area contributed by atoms with Gasteiger partial charge in [-0.05, 0) is 42.8 Å². The third-order valence-electron chi connectivity index (χ3n) is 2.95. The molecule has 1 amide bonds. The highest BCUT2D eigenvalue weighted by Gasteiger charge is 2.07. The summed E-state index contributed by atoms with van der Waals surface area (Å²) in [4.78, 5) is 16.2. The summed E-state index contributed by atoms with van der Waals surface area (Å²) in [6.45, 7) is 1.51. The van der Waals surface area contributed by atoms with E-state index in [0.29, 0.717) is 23.0 Å². The minimum absolute atomic E-state index is 0.256. The second-order valence-corrected chi connectivity index (χ2v) is 5.10. The number of nitrogens with one attached hydrogen (secondary N) is 2. The molecule has 0 atom stereocenters. The molecule has 6 heteroatoms. The molecule has 22 heavy (non-hydrogen) atoms. The number of carbonyl (C=O) groups is 1. The van der Waals surface area contributed by atoms with E-state index in [0.717, 1.165) is 18.7 Å². The lowest BCUT2D eigenvalue weighted by atomic mass is 10.3. The minimum Gasteiger partial charge on any atom is -0.385 e. The van der Waals surface area contributed by atoms with Crippen molar-refractivity contribution in [3.63, 3.8) is 0 Å². The van der Waals surface area contributed by atoms with E-state index in [9.17, 15) is 4.79 Å². The first-order chi connectivity index (χ1) is 10.7.